The molecule has 2 fully saturated rings. The van der Waals surface area contributed by atoms with Crippen molar-refractivity contribution in [2.24, 2.45) is 5.92 Å². The van der Waals surface area contributed by atoms with E-state index in [0.29, 0.717) is 19.6 Å². The molecule has 8 heteroatoms. The lowest BCUT2D eigenvalue weighted by Crippen LogP contribution is -2.46. The van der Waals surface area contributed by atoms with Crippen LogP contribution in [0.2, 0.25) is 0 Å². The lowest BCUT2D eigenvalue weighted by atomic mass is 9.89. The van der Waals surface area contributed by atoms with Gasteiger partial charge in [0.15, 0.2) is 0 Å². The van der Waals surface area contributed by atoms with Crippen LogP contribution in [0.4, 0.5) is 5.82 Å². The third-order valence-corrected chi connectivity index (χ3v) is 6.15. The lowest BCUT2D eigenvalue weighted by Gasteiger charge is -2.37. The van der Waals surface area contributed by atoms with Crippen LogP contribution < -0.4 is 9.62 Å². The summed E-state index contributed by atoms with van der Waals surface area (Å²) in [4.78, 5) is 6.65. The predicted octanol–water partition coefficient (Wildman–Crippen LogP) is 0.356. The Bertz CT molecular complexity index is 635. The van der Waals surface area contributed by atoms with E-state index in [1.807, 2.05) is 0 Å². The maximum absolute atomic E-state index is 11.8. The standard InChI is InChI=1S/C15H23N3O4S/c1-16-23(20,21)11-4-5-15(17-9-11)18-7-2-3-13(18)12-10-22-8-6-14(12)19/h4-5,9,12-14,16,19H,2-3,6-8,10H2,1H3. The van der Waals surface area contributed by atoms with E-state index in [1.165, 1.54) is 13.2 Å². The number of nitrogens with zero attached hydrogens (tertiary/aromatic N) is 2. The van der Waals surface area contributed by atoms with Crippen molar-refractivity contribution < 1.29 is 18.3 Å². The van der Waals surface area contributed by atoms with Crippen LogP contribution in [0, 0.1) is 5.92 Å². The molecule has 0 bridgehead atoms. The average molecular weight is 341 g/mol. The molecule has 3 rings (SSSR count). The molecule has 23 heavy (non-hydrogen) atoms. The molecule has 0 radical (unpaired) electrons. The second kappa shape index (κ2) is 6.72. The average Bonchev–Trinajstić information content (AvgIpc) is 3.05. The van der Waals surface area contributed by atoms with Crippen molar-refractivity contribution in [3.05, 3.63) is 18.3 Å². The molecule has 3 unspecified atom stereocenters. The Morgan fingerprint density at radius 2 is 2.22 bits per heavy atom. The number of aliphatic hydroxyl groups excluding tert-OH is 1. The van der Waals surface area contributed by atoms with Crippen LogP contribution in [0.15, 0.2) is 23.2 Å². The number of anilines is 1. The van der Waals surface area contributed by atoms with E-state index in [4.69, 9.17) is 4.74 Å². The number of hydrogen-bond donors (Lipinski definition) is 2. The molecule has 1 aromatic rings. The fourth-order valence-corrected chi connectivity index (χ4v) is 4.13. The number of sulfonamides is 1. The van der Waals surface area contributed by atoms with Gasteiger partial charge in [-0.15, -0.1) is 0 Å². The molecule has 128 valence electrons. The van der Waals surface area contributed by atoms with Gasteiger partial charge in [-0.2, -0.15) is 0 Å². The first-order valence-corrected chi connectivity index (χ1v) is 9.43. The molecule has 0 saturated carbocycles. The molecular weight excluding hydrogens is 318 g/mol. The number of rotatable bonds is 4. The third kappa shape index (κ3) is 3.35. The van der Waals surface area contributed by atoms with Crippen LogP contribution in [-0.4, -0.2) is 57.5 Å². The molecular formula is C15H23N3O4S. The van der Waals surface area contributed by atoms with Crippen LogP contribution >= 0.6 is 0 Å². The second-order valence-electron chi connectivity index (χ2n) is 6.06. The number of aliphatic hydroxyl groups is 1. The summed E-state index contributed by atoms with van der Waals surface area (Å²) in [6.07, 6.45) is 3.72. The minimum Gasteiger partial charge on any atom is -0.393 e. The minimum absolute atomic E-state index is 0.0776. The zero-order chi connectivity index (χ0) is 16.4. The number of nitrogens with one attached hydrogen (secondary N) is 1. The van der Waals surface area contributed by atoms with Crippen molar-refractivity contribution in [2.45, 2.75) is 36.3 Å². The fourth-order valence-electron chi connectivity index (χ4n) is 3.46. The van der Waals surface area contributed by atoms with Crippen molar-refractivity contribution >= 4 is 15.8 Å². The number of pyridine rings is 1. The highest BCUT2D eigenvalue weighted by Crippen LogP contribution is 2.32. The maximum Gasteiger partial charge on any atom is 0.241 e. The number of hydrogen-bond acceptors (Lipinski definition) is 6. The molecule has 0 aromatic carbocycles. The van der Waals surface area contributed by atoms with Gasteiger partial charge in [0.1, 0.15) is 10.7 Å². The Hall–Kier alpha value is -1.22. The highest BCUT2D eigenvalue weighted by molar-refractivity contribution is 7.89. The van der Waals surface area contributed by atoms with Crippen molar-refractivity contribution in [2.75, 3.05) is 31.7 Å². The van der Waals surface area contributed by atoms with Crippen LogP contribution in [0.3, 0.4) is 0 Å². The van der Waals surface area contributed by atoms with E-state index in [0.717, 1.165) is 25.2 Å². The fraction of sp³-hybridized carbons (Fsp3) is 0.667. The predicted molar refractivity (Wildman–Crippen MR) is 85.8 cm³/mol. The topological polar surface area (TPSA) is 91.8 Å². The Morgan fingerprint density at radius 3 is 2.87 bits per heavy atom. The number of aromatic nitrogens is 1. The van der Waals surface area contributed by atoms with Gasteiger partial charge >= 0.3 is 0 Å². The van der Waals surface area contributed by atoms with Crippen molar-refractivity contribution in [3.63, 3.8) is 0 Å². The highest BCUT2D eigenvalue weighted by atomic mass is 32.2. The van der Waals surface area contributed by atoms with E-state index in [9.17, 15) is 13.5 Å². The zero-order valence-electron chi connectivity index (χ0n) is 13.2. The number of ether oxygens (including phenoxy) is 1. The first-order chi connectivity index (χ1) is 11.0. The molecule has 0 aliphatic carbocycles. The van der Waals surface area contributed by atoms with Crippen molar-refractivity contribution in [1.82, 2.24) is 9.71 Å². The van der Waals surface area contributed by atoms with E-state index in [-0.39, 0.29) is 23.0 Å². The molecule has 2 aliphatic rings. The normalized spacial score (nSPS) is 29.0. The Labute approximate surface area is 136 Å². The van der Waals surface area contributed by atoms with E-state index in [2.05, 4.69) is 14.6 Å². The molecule has 7 nitrogen and oxygen atoms in total. The molecule has 1 aromatic heterocycles. The summed E-state index contributed by atoms with van der Waals surface area (Å²) in [7, 11) is -2.09. The van der Waals surface area contributed by atoms with Crippen LogP contribution in [0.1, 0.15) is 19.3 Å². The first kappa shape index (κ1) is 16.6. The first-order valence-electron chi connectivity index (χ1n) is 7.95. The lowest BCUT2D eigenvalue weighted by molar-refractivity contribution is -0.0438. The van der Waals surface area contributed by atoms with E-state index in [1.54, 1.807) is 12.1 Å². The minimum atomic E-state index is -3.47. The summed E-state index contributed by atoms with van der Waals surface area (Å²) < 4.78 is 31.4. The van der Waals surface area contributed by atoms with E-state index >= 15 is 0 Å². The smallest absolute Gasteiger partial charge is 0.241 e. The largest absolute Gasteiger partial charge is 0.393 e. The van der Waals surface area contributed by atoms with Crippen LogP contribution in [-0.2, 0) is 14.8 Å². The van der Waals surface area contributed by atoms with Gasteiger partial charge in [0.05, 0.1) is 12.7 Å². The molecule has 2 N–H and O–H groups in total. The van der Waals surface area contributed by atoms with Gasteiger partial charge in [0, 0.05) is 31.3 Å². The van der Waals surface area contributed by atoms with Gasteiger partial charge in [-0.05, 0) is 38.4 Å². The summed E-state index contributed by atoms with van der Waals surface area (Å²) >= 11 is 0. The molecule has 0 amide bonds. The molecule has 2 saturated heterocycles. The summed E-state index contributed by atoms with van der Waals surface area (Å²) in [5.74, 6) is 0.828. The Kier molecular flexibility index (Phi) is 4.86. The zero-order valence-corrected chi connectivity index (χ0v) is 14.0. The molecule has 3 heterocycles. The molecule has 2 aliphatic heterocycles. The van der Waals surface area contributed by atoms with Gasteiger partial charge in [-0.1, -0.05) is 0 Å². The van der Waals surface area contributed by atoms with Gasteiger partial charge in [-0.3, -0.25) is 0 Å². The Balaban J connectivity index is 1.80. The Morgan fingerprint density at radius 1 is 1.39 bits per heavy atom. The summed E-state index contributed by atoms with van der Waals surface area (Å²) in [5, 5.41) is 10.3. The van der Waals surface area contributed by atoms with Gasteiger partial charge in [0.2, 0.25) is 10.0 Å². The van der Waals surface area contributed by atoms with Crippen molar-refractivity contribution in [1.29, 1.82) is 0 Å². The summed E-state index contributed by atoms with van der Waals surface area (Å²) in [5.41, 5.74) is 0. The highest BCUT2D eigenvalue weighted by Gasteiger charge is 2.38. The summed E-state index contributed by atoms with van der Waals surface area (Å²) in [6, 6.07) is 3.49. The summed E-state index contributed by atoms with van der Waals surface area (Å²) in [6.45, 7) is 2.03. The quantitative estimate of drug-likeness (QED) is 0.821. The second-order valence-corrected chi connectivity index (χ2v) is 7.94. The van der Waals surface area contributed by atoms with Gasteiger partial charge in [0.25, 0.3) is 0 Å². The van der Waals surface area contributed by atoms with Gasteiger partial charge in [-0.25, -0.2) is 18.1 Å². The van der Waals surface area contributed by atoms with Crippen molar-refractivity contribution in [3.8, 4) is 0 Å². The van der Waals surface area contributed by atoms with Crippen LogP contribution in [0.5, 0.6) is 0 Å². The molecule has 3 atom stereocenters. The van der Waals surface area contributed by atoms with Crippen LogP contribution in [0.25, 0.3) is 0 Å². The third-order valence-electron chi connectivity index (χ3n) is 4.75. The van der Waals surface area contributed by atoms with Gasteiger partial charge < -0.3 is 14.7 Å². The monoisotopic (exact) mass is 341 g/mol. The maximum atomic E-state index is 11.8. The SMILES string of the molecule is CNS(=O)(=O)c1ccc(N2CCCC2C2COCCC2O)nc1. The molecule has 0 spiro atoms. The van der Waals surface area contributed by atoms with E-state index < -0.39 is 10.0 Å².